The van der Waals surface area contributed by atoms with E-state index in [0.717, 1.165) is 15.9 Å². The molecule has 0 fully saturated rings. The number of nitrogens with zero attached hydrogens (tertiary/aromatic N) is 2. The van der Waals surface area contributed by atoms with Gasteiger partial charge in [0.05, 0.1) is 9.82 Å². The maximum atomic E-state index is 12.7. The lowest BCUT2D eigenvalue weighted by Gasteiger charge is -2.17. The molecule has 2 aromatic carbocycles. The maximum Gasteiger partial charge on any atom is 0.273 e. The summed E-state index contributed by atoms with van der Waals surface area (Å²) in [5.74, 6) is 1.18. The molecule has 0 aromatic heterocycles. The molecule has 1 aliphatic heterocycles. The third-order valence-corrected chi connectivity index (χ3v) is 5.73. The van der Waals surface area contributed by atoms with E-state index < -0.39 is 14.9 Å². The van der Waals surface area contributed by atoms with Crippen LogP contribution in [-0.2, 0) is 16.6 Å². The lowest BCUT2D eigenvalue weighted by atomic mass is 10.2. The molecule has 2 aromatic rings. The van der Waals surface area contributed by atoms with Crippen LogP contribution in [-0.4, -0.2) is 31.5 Å². The first-order chi connectivity index (χ1) is 11.8. The third kappa shape index (κ3) is 3.28. The van der Waals surface area contributed by atoms with Gasteiger partial charge in [-0.2, -0.15) is 4.31 Å². The van der Waals surface area contributed by atoms with Gasteiger partial charge in [-0.15, -0.1) is 0 Å². The summed E-state index contributed by atoms with van der Waals surface area (Å²) in [5.41, 5.74) is 0.900. The zero-order chi connectivity index (χ0) is 18.2. The van der Waals surface area contributed by atoms with Crippen molar-refractivity contribution < 1.29 is 22.8 Å². The van der Waals surface area contributed by atoms with Crippen molar-refractivity contribution in [3.8, 4) is 11.5 Å². The van der Waals surface area contributed by atoms with E-state index in [1.54, 1.807) is 25.1 Å². The summed E-state index contributed by atoms with van der Waals surface area (Å²) in [7, 11) is -2.44. The van der Waals surface area contributed by atoms with Crippen LogP contribution in [0.25, 0.3) is 0 Å². The van der Waals surface area contributed by atoms with Gasteiger partial charge in [-0.1, -0.05) is 12.1 Å². The summed E-state index contributed by atoms with van der Waals surface area (Å²) in [6.45, 7) is 1.80. The normalized spacial score (nSPS) is 13.2. The summed E-state index contributed by atoms with van der Waals surface area (Å²) in [6.07, 6.45) is 0. The number of fused-ring (bicyclic) bond motifs is 1. The Labute approximate surface area is 144 Å². The van der Waals surface area contributed by atoms with Crippen LogP contribution in [0.3, 0.4) is 0 Å². The summed E-state index contributed by atoms with van der Waals surface area (Å²) >= 11 is 0. The number of aryl methyl sites for hydroxylation is 1. The molecule has 0 amide bonds. The first kappa shape index (κ1) is 17.2. The first-order valence-electron chi connectivity index (χ1n) is 7.39. The zero-order valence-electron chi connectivity index (χ0n) is 13.6. The monoisotopic (exact) mass is 364 g/mol. The van der Waals surface area contributed by atoms with Crippen molar-refractivity contribution in [3.63, 3.8) is 0 Å². The molecule has 8 nitrogen and oxygen atoms in total. The highest BCUT2D eigenvalue weighted by Gasteiger charge is 2.25. The molecule has 3 rings (SSSR count). The molecular weight excluding hydrogens is 348 g/mol. The molecule has 0 N–H and O–H groups in total. The van der Waals surface area contributed by atoms with Crippen LogP contribution in [0.4, 0.5) is 5.69 Å². The van der Waals surface area contributed by atoms with Gasteiger partial charge in [-0.3, -0.25) is 10.1 Å². The lowest BCUT2D eigenvalue weighted by molar-refractivity contribution is -0.385. The van der Waals surface area contributed by atoms with Crippen LogP contribution in [0.2, 0.25) is 0 Å². The Hall–Kier alpha value is -2.65. The maximum absolute atomic E-state index is 12.7. The van der Waals surface area contributed by atoms with Crippen LogP contribution in [0.15, 0.2) is 41.3 Å². The molecule has 0 radical (unpaired) electrons. The van der Waals surface area contributed by atoms with Crippen molar-refractivity contribution in [2.24, 2.45) is 0 Å². The van der Waals surface area contributed by atoms with Crippen molar-refractivity contribution in [2.45, 2.75) is 18.4 Å². The number of sulfonamides is 1. The van der Waals surface area contributed by atoms with E-state index in [1.807, 2.05) is 0 Å². The fourth-order valence-corrected chi connectivity index (χ4v) is 3.69. The fraction of sp³-hybridized carbons (Fsp3) is 0.250. The number of nitro groups is 1. The van der Waals surface area contributed by atoms with Gasteiger partial charge in [-0.25, -0.2) is 8.42 Å². The molecule has 1 aliphatic rings. The second-order valence-electron chi connectivity index (χ2n) is 5.65. The standard InChI is InChI=1S/C16H16N2O6S/c1-11-3-5-13(8-14(11)18(19)20)25(21,22)17(2)9-12-4-6-15-16(7-12)24-10-23-15/h3-8H,9-10H2,1-2H3. The van der Waals surface area contributed by atoms with Crippen molar-refractivity contribution in [1.82, 2.24) is 4.31 Å². The number of hydrogen-bond acceptors (Lipinski definition) is 6. The molecule has 9 heteroatoms. The van der Waals surface area contributed by atoms with Gasteiger partial charge < -0.3 is 9.47 Å². The smallest absolute Gasteiger partial charge is 0.273 e. The highest BCUT2D eigenvalue weighted by atomic mass is 32.2. The molecule has 132 valence electrons. The van der Waals surface area contributed by atoms with E-state index in [0.29, 0.717) is 17.1 Å². The Kier molecular flexibility index (Phi) is 4.36. The SMILES string of the molecule is Cc1ccc(S(=O)(=O)N(C)Cc2ccc3c(c2)OCO3)cc1[N+](=O)[O-]. The van der Waals surface area contributed by atoms with Crippen LogP contribution in [0.5, 0.6) is 11.5 Å². The van der Waals surface area contributed by atoms with Crippen LogP contribution in [0.1, 0.15) is 11.1 Å². The summed E-state index contributed by atoms with van der Waals surface area (Å²) in [6, 6.07) is 9.06. The van der Waals surface area contributed by atoms with E-state index in [-0.39, 0.29) is 23.9 Å². The second kappa shape index (κ2) is 6.34. The van der Waals surface area contributed by atoms with Crippen molar-refractivity contribution in [3.05, 3.63) is 57.6 Å². The fourth-order valence-electron chi connectivity index (χ4n) is 2.51. The number of benzene rings is 2. The molecule has 0 bridgehead atoms. The van der Waals surface area contributed by atoms with Gasteiger partial charge in [0.1, 0.15) is 0 Å². The second-order valence-corrected chi connectivity index (χ2v) is 7.70. The van der Waals surface area contributed by atoms with E-state index in [1.165, 1.54) is 19.2 Å². The Morgan fingerprint density at radius 2 is 1.88 bits per heavy atom. The zero-order valence-corrected chi connectivity index (χ0v) is 14.4. The van der Waals surface area contributed by atoms with Gasteiger partial charge in [0.25, 0.3) is 5.69 Å². The Bertz CT molecular complexity index is 942. The topological polar surface area (TPSA) is 99.0 Å². The number of ether oxygens (including phenoxy) is 2. The van der Waals surface area contributed by atoms with E-state index in [9.17, 15) is 18.5 Å². The van der Waals surface area contributed by atoms with E-state index in [2.05, 4.69) is 0 Å². The van der Waals surface area contributed by atoms with Crippen molar-refractivity contribution in [1.29, 1.82) is 0 Å². The highest BCUT2D eigenvalue weighted by molar-refractivity contribution is 7.89. The summed E-state index contributed by atoms with van der Waals surface area (Å²) in [5, 5.41) is 11.0. The first-order valence-corrected chi connectivity index (χ1v) is 8.83. The van der Waals surface area contributed by atoms with E-state index >= 15 is 0 Å². The minimum absolute atomic E-state index is 0.0979. The Morgan fingerprint density at radius 1 is 1.16 bits per heavy atom. The molecule has 0 saturated heterocycles. The molecular formula is C16H16N2O6S. The average molecular weight is 364 g/mol. The molecule has 0 atom stereocenters. The number of rotatable bonds is 5. The lowest BCUT2D eigenvalue weighted by Crippen LogP contribution is -2.26. The van der Waals surface area contributed by atoms with Crippen LogP contribution in [0, 0.1) is 17.0 Å². The summed E-state index contributed by atoms with van der Waals surface area (Å²) < 4.78 is 37.1. The van der Waals surface area contributed by atoms with Gasteiger partial charge in [0.15, 0.2) is 11.5 Å². The Balaban J connectivity index is 1.87. The van der Waals surface area contributed by atoms with Crippen molar-refractivity contribution in [2.75, 3.05) is 13.8 Å². The number of nitro benzene ring substituents is 1. The molecule has 0 spiro atoms. The average Bonchev–Trinajstić information content (AvgIpc) is 3.02. The van der Waals surface area contributed by atoms with Gasteiger partial charge in [0.2, 0.25) is 16.8 Å². The van der Waals surface area contributed by atoms with E-state index in [4.69, 9.17) is 9.47 Å². The minimum Gasteiger partial charge on any atom is -0.454 e. The van der Waals surface area contributed by atoms with Gasteiger partial charge in [0, 0.05) is 25.2 Å². The summed E-state index contributed by atoms with van der Waals surface area (Å²) in [4.78, 5) is 10.3. The molecule has 0 saturated carbocycles. The number of hydrogen-bond donors (Lipinski definition) is 0. The van der Waals surface area contributed by atoms with Crippen molar-refractivity contribution >= 4 is 15.7 Å². The molecule has 25 heavy (non-hydrogen) atoms. The largest absolute Gasteiger partial charge is 0.454 e. The predicted molar refractivity (Wildman–Crippen MR) is 89.1 cm³/mol. The van der Waals surface area contributed by atoms with Crippen LogP contribution >= 0.6 is 0 Å². The molecule has 1 heterocycles. The highest BCUT2D eigenvalue weighted by Crippen LogP contribution is 2.33. The third-order valence-electron chi connectivity index (χ3n) is 3.93. The van der Waals surface area contributed by atoms with Gasteiger partial charge >= 0.3 is 0 Å². The molecule has 0 unspecified atom stereocenters. The Morgan fingerprint density at radius 3 is 2.60 bits per heavy atom. The minimum atomic E-state index is -3.87. The van der Waals surface area contributed by atoms with Gasteiger partial charge in [-0.05, 0) is 30.7 Å². The molecule has 0 aliphatic carbocycles. The van der Waals surface area contributed by atoms with Crippen LogP contribution < -0.4 is 9.47 Å². The quantitative estimate of drug-likeness (QED) is 0.597. The predicted octanol–water partition coefficient (Wildman–Crippen LogP) is 2.45.